The Morgan fingerprint density at radius 2 is 2.15 bits per heavy atom. The van der Waals surface area contributed by atoms with Crippen molar-refractivity contribution in [3.63, 3.8) is 0 Å². The Morgan fingerprint density at radius 1 is 1.46 bits per heavy atom. The fourth-order valence-electron chi connectivity index (χ4n) is 1.30. The fraction of sp³-hybridized carbons (Fsp3) is 0.455. The van der Waals surface area contributed by atoms with E-state index in [0.717, 1.165) is 24.0 Å². The standard InChI is InChI=1S/C11H17NO/c1-3-10(12)7-9-6-8(2)4-5-11(9)13/h4-6,10,13H,3,7,12H2,1-2H3. The van der Waals surface area contributed by atoms with Crippen molar-refractivity contribution in [2.75, 3.05) is 0 Å². The summed E-state index contributed by atoms with van der Waals surface area (Å²) in [5.41, 5.74) is 7.93. The third-order valence-corrected chi connectivity index (χ3v) is 2.24. The Balaban J connectivity index is 2.81. The van der Waals surface area contributed by atoms with E-state index >= 15 is 0 Å². The zero-order chi connectivity index (χ0) is 9.84. The molecule has 0 radical (unpaired) electrons. The average Bonchev–Trinajstić information content (AvgIpc) is 2.11. The molecule has 0 saturated carbocycles. The highest BCUT2D eigenvalue weighted by atomic mass is 16.3. The second-order valence-corrected chi connectivity index (χ2v) is 3.50. The average molecular weight is 179 g/mol. The summed E-state index contributed by atoms with van der Waals surface area (Å²) in [6, 6.07) is 5.77. The number of aryl methyl sites for hydroxylation is 1. The van der Waals surface area contributed by atoms with Gasteiger partial charge in [0.25, 0.3) is 0 Å². The molecule has 1 rings (SSSR count). The topological polar surface area (TPSA) is 46.2 Å². The quantitative estimate of drug-likeness (QED) is 0.745. The molecular weight excluding hydrogens is 162 g/mol. The van der Waals surface area contributed by atoms with Gasteiger partial charge in [0.1, 0.15) is 5.75 Å². The van der Waals surface area contributed by atoms with Crippen molar-refractivity contribution in [1.29, 1.82) is 0 Å². The minimum Gasteiger partial charge on any atom is -0.508 e. The van der Waals surface area contributed by atoms with Crippen molar-refractivity contribution >= 4 is 0 Å². The van der Waals surface area contributed by atoms with Crippen LogP contribution in [0.5, 0.6) is 5.75 Å². The van der Waals surface area contributed by atoms with Gasteiger partial charge in [-0.25, -0.2) is 0 Å². The molecule has 3 N–H and O–H groups in total. The molecule has 1 aromatic carbocycles. The Hall–Kier alpha value is -1.02. The lowest BCUT2D eigenvalue weighted by atomic mass is 10.0. The SMILES string of the molecule is CCC(N)Cc1cc(C)ccc1O. The Morgan fingerprint density at radius 3 is 2.77 bits per heavy atom. The number of hydrogen-bond acceptors (Lipinski definition) is 2. The summed E-state index contributed by atoms with van der Waals surface area (Å²) >= 11 is 0. The van der Waals surface area contributed by atoms with Gasteiger partial charge in [-0.2, -0.15) is 0 Å². The number of phenols is 1. The summed E-state index contributed by atoms with van der Waals surface area (Å²) in [5, 5.41) is 9.52. The maximum atomic E-state index is 9.52. The number of benzene rings is 1. The molecule has 0 amide bonds. The number of rotatable bonds is 3. The van der Waals surface area contributed by atoms with Crippen molar-refractivity contribution in [1.82, 2.24) is 0 Å². The Kier molecular flexibility index (Phi) is 3.32. The van der Waals surface area contributed by atoms with E-state index < -0.39 is 0 Å². The van der Waals surface area contributed by atoms with Crippen LogP contribution in [0.3, 0.4) is 0 Å². The molecule has 0 aliphatic heterocycles. The highest BCUT2D eigenvalue weighted by Crippen LogP contribution is 2.19. The zero-order valence-corrected chi connectivity index (χ0v) is 8.25. The first-order valence-electron chi connectivity index (χ1n) is 4.67. The summed E-state index contributed by atoms with van der Waals surface area (Å²) in [6.45, 7) is 4.07. The van der Waals surface area contributed by atoms with E-state index in [4.69, 9.17) is 5.73 Å². The van der Waals surface area contributed by atoms with E-state index in [1.165, 1.54) is 0 Å². The van der Waals surface area contributed by atoms with Gasteiger partial charge >= 0.3 is 0 Å². The van der Waals surface area contributed by atoms with Crippen LogP contribution >= 0.6 is 0 Å². The van der Waals surface area contributed by atoms with Crippen molar-refractivity contribution in [3.05, 3.63) is 29.3 Å². The van der Waals surface area contributed by atoms with Crippen LogP contribution in [0.2, 0.25) is 0 Å². The van der Waals surface area contributed by atoms with Crippen LogP contribution in [0.1, 0.15) is 24.5 Å². The van der Waals surface area contributed by atoms with Crippen LogP contribution in [0.25, 0.3) is 0 Å². The second-order valence-electron chi connectivity index (χ2n) is 3.50. The molecule has 2 nitrogen and oxygen atoms in total. The lowest BCUT2D eigenvalue weighted by molar-refractivity contribution is 0.463. The van der Waals surface area contributed by atoms with Gasteiger partial charge in [-0.3, -0.25) is 0 Å². The number of nitrogens with two attached hydrogens (primary N) is 1. The molecule has 13 heavy (non-hydrogen) atoms. The summed E-state index contributed by atoms with van der Waals surface area (Å²) in [7, 11) is 0. The third kappa shape index (κ3) is 2.74. The molecule has 0 spiro atoms. The largest absolute Gasteiger partial charge is 0.508 e. The van der Waals surface area contributed by atoms with Crippen molar-refractivity contribution < 1.29 is 5.11 Å². The minimum atomic E-state index is 0.146. The van der Waals surface area contributed by atoms with E-state index in [9.17, 15) is 5.11 Å². The molecule has 1 unspecified atom stereocenters. The van der Waals surface area contributed by atoms with Crippen molar-refractivity contribution in [2.45, 2.75) is 32.7 Å². The molecule has 0 saturated heterocycles. The molecular formula is C11H17NO. The highest BCUT2D eigenvalue weighted by Gasteiger charge is 2.05. The third-order valence-electron chi connectivity index (χ3n) is 2.24. The molecule has 0 bridgehead atoms. The van der Waals surface area contributed by atoms with Crippen LogP contribution in [0.15, 0.2) is 18.2 Å². The lowest BCUT2D eigenvalue weighted by Crippen LogP contribution is -2.21. The highest BCUT2D eigenvalue weighted by molar-refractivity contribution is 5.36. The zero-order valence-electron chi connectivity index (χ0n) is 8.25. The molecule has 1 aromatic rings. The molecule has 1 atom stereocenters. The lowest BCUT2D eigenvalue weighted by Gasteiger charge is -2.10. The minimum absolute atomic E-state index is 0.146. The van der Waals surface area contributed by atoms with Crippen LogP contribution < -0.4 is 5.73 Å². The number of hydrogen-bond donors (Lipinski definition) is 2. The van der Waals surface area contributed by atoms with E-state index in [2.05, 4.69) is 6.92 Å². The summed E-state index contributed by atoms with van der Waals surface area (Å²) in [4.78, 5) is 0. The first-order chi connectivity index (χ1) is 6.13. The van der Waals surface area contributed by atoms with Crippen molar-refractivity contribution in [2.24, 2.45) is 5.73 Å². The van der Waals surface area contributed by atoms with Crippen molar-refractivity contribution in [3.8, 4) is 5.75 Å². The summed E-state index contributed by atoms with van der Waals surface area (Å²) in [6.07, 6.45) is 1.69. The Bertz CT molecular complexity index is 283. The maximum absolute atomic E-state index is 9.52. The van der Waals surface area contributed by atoms with Gasteiger partial charge in [0.2, 0.25) is 0 Å². The molecule has 2 heteroatoms. The molecule has 0 heterocycles. The number of phenolic OH excluding ortho intramolecular Hbond substituents is 1. The van der Waals surface area contributed by atoms with Crippen LogP contribution in [-0.4, -0.2) is 11.1 Å². The summed E-state index contributed by atoms with van der Waals surface area (Å²) < 4.78 is 0. The van der Waals surface area contributed by atoms with Gasteiger partial charge in [0, 0.05) is 6.04 Å². The van der Waals surface area contributed by atoms with Gasteiger partial charge in [-0.05, 0) is 31.4 Å². The van der Waals surface area contributed by atoms with Crippen LogP contribution in [0, 0.1) is 6.92 Å². The predicted molar refractivity (Wildman–Crippen MR) is 54.8 cm³/mol. The maximum Gasteiger partial charge on any atom is 0.118 e. The molecule has 72 valence electrons. The van der Waals surface area contributed by atoms with E-state index in [1.54, 1.807) is 6.07 Å². The Labute approximate surface area is 79.4 Å². The van der Waals surface area contributed by atoms with Gasteiger partial charge in [0.15, 0.2) is 0 Å². The van der Waals surface area contributed by atoms with Crippen LogP contribution in [0.4, 0.5) is 0 Å². The summed E-state index contributed by atoms with van der Waals surface area (Å²) in [5.74, 6) is 0.356. The molecule has 0 fully saturated rings. The van der Waals surface area contributed by atoms with Gasteiger partial charge < -0.3 is 10.8 Å². The van der Waals surface area contributed by atoms with E-state index in [1.807, 2.05) is 19.1 Å². The van der Waals surface area contributed by atoms with Gasteiger partial charge in [0.05, 0.1) is 0 Å². The number of aromatic hydroxyl groups is 1. The monoisotopic (exact) mass is 179 g/mol. The van der Waals surface area contributed by atoms with Gasteiger partial charge in [-0.1, -0.05) is 24.6 Å². The molecule has 0 aliphatic carbocycles. The van der Waals surface area contributed by atoms with E-state index in [-0.39, 0.29) is 6.04 Å². The van der Waals surface area contributed by atoms with E-state index in [0.29, 0.717) is 5.75 Å². The molecule has 0 aromatic heterocycles. The predicted octanol–water partition coefficient (Wildman–Crippen LogP) is 1.98. The smallest absolute Gasteiger partial charge is 0.118 e. The van der Waals surface area contributed by atoms with Crippen LogP contribution in [-0.2, 0) is 6.42 Å². The molecule has 0 aliphatic rings. The first-order valence-corrected chi connectivity index (χ1v) is 4.67. The normalized spacial score (nSPS) is 12.8. The fourth-order valence-corrected chi connectivity index (χ4v) is 1.30. The van der Waals surface area contributed by atoms with Gasteiger partial charge in [-0.15, -0.1) is 0 Å². The first kappa shape index (κ1) is 10.1. The second kappa shape index (κ2) is 4.28.